The lowest BCUT2D eigenvalue weighted by molar-refractivity contribution is 0.0980. The molecule has 0 aliphatic rings. The highest BCUT2D eigenvalue weighted by Crippen LogP contribution is 2.20. The highest BCUT2D eigenvalue weighted by molar-refractivity contribution is 9.10. The van der Waals surface area contributed by atoms with Gasteiger partial charge in [0.05, 0.1) is 16.2 Å². The number of carbonyl (C=O) groups excluding carboxylic acids is 1. The summed E-state index contributed by atoms with van der Waals surface area (Å²) in [6.45, 7) is 0.656. The second-order valence-electron chi connectivity index (χ2n) is 8.39. The van der Waals surface area contributed by atoms with Crippen LogP contribution in [0.2, 0.25) is 5.02 Å². The van der Waals surface area contributed by atoms with Crippen LogP contribution >= 0.6 is 27.5 Å². The Morgan fingerprint density at radius 3 is 2.46 bits per heavy atom. The van der Waals surface area contributed by atoms with Gasteiger partial charge >= 0.3 is 0 Å². The number of benzene rings is 3. The summed E-state index contributed by atoms with van der Waals surface area (Å²) >= 11 is 9.42. The first kappa shape index (κ1) is 26.8. The van der Waals surface area contributed by atoms with Gasteiger partial charge in [0.15, 0.2) is 0 Å². The lowest BCUT2D eigenvalue weighted by Crippen LogP contribution is -2.32. The standard InChI is InChI=1S/C27H24BrClN4O3S/c1-33(14-13-19-7-3-2-4-8-19)27-30-18-24(25(31-27)16-20-9-5-11-22(29)15-20)26(34)32-37(35,36)23-12-6-10-21(28)17-23/h2-12,15,17-18H,13-14,16H2,1H3,(H,32,34). The van der Waals surface area contributed by atoms with Crippen LogP contribution in [-0.2, 0) is 22.9 Å². The Bertz CT molecular complexity index is 1520. The second-order valence-corrected chi connectivity index (χ2v) is 11.4. The molecule has 0 unspecified atom stereocenters. The lowest BCUT2D eigenvalue weighted by Gasteiger charge is -2.19. The summed E-state index contributed by atoms with van der Waals surface area (Å²) in [6.07, 6.45) is 2.42. The number of hydrogen-bond donors (Lipinski definition) is 1. The van der Waals surface area contributed by atoms with Crippen molar-refractivity contribution in [3.05, 3.63) is 117 Å². The van der Waals surface area contributed by atoms with Gasteiger partial charge in [0, 0.05) is 35.7 Å². The van der Waals surface area contributed by atoms with Gasteiger partial charge in [-0.15, -0.1) is 0 Å². The number of nitrogens with zero attached hydrogens (tertiary/aromatic N) is 3. The van der Waals surface area contributed by atoms with Crippen LogP contribution in [0.1, 0.15) is 27.2 Å². The van der Waals surface area contributed by atoms with Gasteiger partial charge in [-0.3, -0.25) is 4.79 Å². The van der Waals surface area contributed by atoms with Crippen LogP contribution in [0.25, 0.3) is 0 Å². The molecule has 1 aromatic heterocycles. The number of amides is 1. The maximum atomic E-state index is 13.2. The number of rotatable bonds is 9. The van der Waals surface area contributed by atoms with Crippen molar-refractivity contribution in [1.29, 1.82) is 0 Å². The predicted octanol–water partition coefficient (Wildman–Crippen LogP) is 5.28. The van der Waals surface area contributed by atoms with E-state index in [0.29, 0.717) is 27.7 Å². The molecular weight excluding hydrogens is 576 g/mol. The van der Waals surface area contributed by atoms with E-state index in [9.17, 15) is 13.2 Å². The van der Waals surface area contributed by atoms with Gasteiger partial charge in [-0.2, -0.15) is 0 Å². The molecule has 0 fully saturated rings. The minimum absolute atomic E-state index is 0.0372. The van der Waals surface area contributed by atoms with Crippen molar-refractivity contribution in [3.63, 3.8) is 0 Å². The van der Waals surface area contributed by atoms with Crippen LogP contribution in [0, 0.1) is 0 Å². The van der Waals surface area contributed by atoms with Crippen molar-refractivity contribution < 1.29 is 13.2 Å². The van der Waals surface area contributed by atoms with Gasteiger partial charge in [0.1, 0.15) is 0 Å². The fourth-order valence-electron chi connectivity index (χ4n) is 3.67. The van der Waals surface area contributed by atoms with Crippen molar-refractivity contribution in [1.82, 2.24) is 14.7 Å². The highest BCUT2D eigenvalue weighted by atomic mass is 79.9. The number of halogens is 2. The molecule has 0 aliphatic heterocycles. The van der Waals surface area contributed by atoms with Gasteiger partial charge in [-0.25, -0.2) is 23.1 Å². The first-order valence-corrected chi connectivity index (χ1v) is 14.0. The number of hydrogen-bond acceptors (Lipinski definition) is 6. The Morgan fingerprint density at radius 1 is 1.00 bits per heavy atom. The van der Waals surface area contributed by atoms with E-state index in [1.54, 1.807) is 24.3 Å². The molecule has 0 radical (unpaired) electrons. The summed E-state index contributed by atoms with van der Waals surface area (Å²) in [4.78, 5) is 24.1. The Hall–Kier alpha value is -3.27. The molecule has 0 aliphatic carbocycles. The Morgan fingerprint density at radius 2 is 1.73 bits per heavy atom. The van der Waals surface area contributed by atoms with Crippen molar-refractivity contribution >= 4 is 49.4 Å². The quantitative estimate of drug-likeness (QED) is 0.281. The molecule has 190 valence electrons. The number of nitrogens with one attached hydrogen (secondary N) is 1. The Kier molecular flexibility index (Phi) is 8.58. The minimum Gasteiger partial charge on any atom is -0.344 e. The zero-order chi connectivity index (χ0) is 26.4. The number of likely N-dealkylation sites (N-methyl/N-ethyl adjacent to an activating group) is 1. The van der Waals surface area contributed by atoms with Crippen LogP contribution in [0.4, 0.5) is 5.95 Å². The molecular formula is C27H24BrClN4O3S. The topological polar surface area (TPSA) is 92.3 Å². The number of sulfonamides is 1. The third-order valence-corrected chi connectivity index (χ3v) is 7.67. The number of carbonyl (C=O) groups is 1. The van der Waals surface area contributed by atoms with Crippen LogP contribution in [0.5, 0.6) is 0 Å². The molecule has 37 heavy (non-hydrogen) atoms. The molecule has 7 nitrogen and oxygen atoms in total. The van der Waals surface area contributed by atoms with Gasteiger partial charge in [-0.05, 0) is 47.9 Å². The summed E-state index contributed by atoms with van der Waals surface area (Å²) < 4.78 is 28.4. The van der Waals surface area contributed by atoms with E-state index in [2.05, 4.69) is 42.8 Å². The van der Waals surface area contributed by atoms with E-state index in [-0.39, 0.29) is 16.9 Å². The smallest absolute Gasteiger partial charge is 0.268 e. The fraction of sp³-hybridized carbons (Fsp3) is 0.148. The monoisotopic (exact) mass is 598 g/mol. The summed E-state index contributed by atoms with van der Waals surface area (Å²) in [6, 6.07) is 23.4. The van der Waals surface area contributed by atoms with Crippen molar-refractivity contribution in [3.8, 4) is 0 Å². The summed E-state index contributed by atoms with van der Waals surface area (Å²) in [5, 5.41) is 0.551. The lowest BCUT2D eigenvalue weighted by atomic mass is 10.1. The van der Waals surface area contributed by atoms with E-state index in [1.807, 2.05) is 42.3 Å². The first-order valence-electron chi connectivity index (χ1n) is 11.4. The largest absolute Gasteiger partial charge is 0.344 e. The SMILES string of the molecule is CN(CCc1ccccc1)c1ncc(C(=O)NS(=O)(=O)c2cccc(Br)c2)c(Cc2cccc(Cl)c2)n1. The predicted molar refractivity (Wildman–Crippen MR) is 148 cm³/mol. The summed E-state index contributed by atoms with van der Waals surface area (Å²) in [5.74, 6) is -0.380. The Balaban J connectivity index is 1.62. The molecule has 4 aromatic rings. The molecule has 1 N–H and O–H groups in total. The van der Waals surface area contributed by atoms with Gasteiger partial charge in [-0.1, -0.05) is 76.1 Å². The fourth-order valence-corrected chi connectivity index (χ4v) is 5.44. The first-order chi connectivity index (χ1) is 17.7. The van der Waals surface area contributed by atoms with E-state index in [1.165, 1.54) is 23.9 Å². The third kappa shape index (κ3) is 7.15. The van der Waals surface area contributed by atoms with Crippen molar-refractivity contribution in [2.45, 2.75) is 17.7 Å². The van der Waals surface area contributed by atoms with Crippen LogP contribution in [0.3, 0.4) is 0 Å². The molecule has 0 spiro atoms. The van der Waals surface area contributed by atoms with Crippen molar-refractivity contribution in [2.24, 2.45) is 0 Å². The van der Waals surface area contributed by atoms with Crippen LogP contribution in [-0.4, -0.2) is 37.9 Å². The normalized spacial score (nSPS) is 11.2. The van der Waals surface area contributed by atoms with Gasteiger partial charge in [0.25, 0.3) is 15.9 Å². The zero-order valence-corrected chi connectivity index (χ0v) is 23.1. The van der Waals surface area contributed by atoms with Gasteiger partial charge < -0.3 is 4.90 Å². The van der Waals surface area contributed by atoms with Gasteiger partial charge in [0.2, 0.25) is 5.95 Å². The zero-order valence-electron chi connectivity index (χ0n) is 19.9. The molecule has 1 heterocycles. The second kappa shape index (κ2) is 11.9. The average Bonchev–Trinajstić information content (AvgIpc) is 2.87. The molecule has 0 saturated carbocycles. The van der Waals surface area contributed by atoms with Crippen LogP contribution < -0.4 is 9.62 Å². The van der Waals surface area contributed by atoms with E-state index in [4.69, 9.17) is 11.6 Å². The third-order valence-electron chi connectivity index (χ3n) is 5.61. The summed E-state index contributed by atoms with van der Waals surface area (Å²) in [5.41, 5.74) is 2.47. The summed E-state index contributed by atoms with van der Waals surface area (Å²) in [7, 11) is -2.23. The minimum atomic E-state index is -4.11. The molecule has 1 amide bonds. The molecule has 3 aromatic carbocycles. The number of aromatic nitrogens is 2. The van der Waals surface area contributed by atoms with E-state index in [0.717, 1.165) is 12.0 Å². The van der Waals surface area contributed by atoms with E-state index < -0.39 is 15.9 Å². The maximum Gasteiger partial charge on any atom is 0.268 e. The molecule has 0 bridgehead atoms. The highest BCUT2D eigenvalue weighted by Gasteiger charge is 2.23. The molecule has 0 saturated heterocycles. The average molecular weight is 600 g/mol. The molecule has 0 atom stereocenters. The van der Waals surface area contributed by atoms with Crippen molar-refractivity contribution in [2.75, 3.05) is 18.5 Å². The van der Waals surface area contributed by atoms with E-state index >= 15 is 0 Å². The molecule has 10 heteroatoms. The Labute approximate surface area is 229 Å². The number of anilines is 1. The maximum absolute atomic E-state index is 13.2. The molecule has 4 rings (SSSR count). The van der Waals surface area contributed by atoms with Crippen LogP contribution in [0.15, 0.2) is 94.4 Å².